The second-order valence-electron chi connectivity index (χ2n) is 4.71. The van der Waals surface area contributed by atoms with Crippen LogP contribution in [0.25, 0.3) is 0 Å². The van der Waals surface area contributed by atoms with Crippen molar-refractivity contribution in [3.05, 3.63) is 29.6 Å². The van der Waals surface area contributed by atoms with Crippen molar-refractivity contribution in [2.45, 2.75) is 19.8 Å². The molecule has 1 saturated heterocycles. The van der Waals surface area contributed by atoms with Crippen LogP contribution in [0, 0.1) is 18.7 Å². The van der Waals surface area contributed by atoms with E-state index in [1.165, 1.54) is 12.4 Å². The van der Waals surface area contributed by atoms with Gasteiger partial charge in [0.15, 0.2) is 0 Å². The topological polar surface area (TPSA) is 62.8 Å². The van der Waals surface area contributed by atoms with Gasteiger partial charge in [-0.2, -0.15) is 0 Å². The fourth-order valence-corrected chi connectivity index (χ4v) is 2.21. The molecule has 0 saturated carbocycles. The third-order valence-corrected chi connectivity index (χ3v) is 3.30. The van der Waals surface area contributed by atoms with Crippen LogP contribution in [-0.4, -0.2) is 25.3 Å². The molecule has 0 atom stereocenters. The summed E-state index contributed by atoms with van der Waals surface area (Å²) in [5.41, 5.74) is 6.70. The molecule has 0 bridgehead atoms. The van der Waals surface area contributed by atoms with Crippen molar-refractivity contribution in [3.8, 4) is 0 Å². The Balaban J connectivity index is 2.26. The first-order chi connectivity index (χ1) is 9.20. The van der Waals surface area contributed by atoms with Crippen molar-refractivity contribution >= 4 is 17.9 Å². The first kappa shape index (κ1) is 13.7. The molecule has 0 spiro atoms. The molecule has 0 unspecified atom stereocenters. The quantitative estimate of drug-likeness (QED) is 0.633. The maximum atomic E-state index is 13.2. The predicted molar refractivity (Wildman–Crippen MR) is 76.5 cm³/mol. The Morgan fingerprint density at radius 2 is 2.16 bits per heavy atom. The van der Waals surface area contributed by atoms with Crippen LogP contribution in [0.5, 0.6) is 0 Å². The van der Waals surface area contributed by atoms with E-state index in [-0.39, 0.29) is 5.82 Å². The number of hydrogen-bond acceptors (Lipinski definition) is 2. The highest BCUT2D eigenvalue weighted by atomic mass is 19.1. The lowest BCUT2D eigenvalue weighted by Crippen LogP contribution is -2.31. The van der Waals surface area contributed by atoms with Gasteiger partial charge < -0.3 is 11.1 Å². The third-order valence-electron chi connectivity index (χ3n) is 3.30. The lowest BCUT2D eigenvalue weighted by molar-refractivity contribution is 0.455. The number of aliphatic imine (C=N–C) groups is 2. The van der Waals surface area contributed by atoms with Gasteiger partial charge in [0.25, 0.3) is 0 Å². The standard InChI is InChI=1S/C14H19FN4/c1-10-8-12(2-3-13(10)15)19-14(18-9-16)11-4-6-17-7-5-11/h2-3,8-9,11,17H,4-7H2,1H3,(H2,16,18,19). The molecule has 2 rings (SSSR count). The first-order valence-electron chi connectivity index (χ1n) is 6.50. The summed E-state index contributed by atoms with van der Waals surface area (Å²) in [5.74, 6) is 0.825. The van der Waals surface area contributed by atoms with Crippen LogP contribution < -0.4 is 11.1 Å². The second kappa shape index (κ2) is 6.43. The molecule has 0 amide bonds. The van der Waals surface area contributed by atoms with E-state index in [0.717, 1.165) is 37.5 Å². The third kappa shape index (κ3) is 3.61. The Hall–Kier alpha value is -1.75. The number of hydrogen-bond donors (Lipinski definition) is 2. The predicted octanol–water partition coefficient (Wildman–Crippen LogP) is 2.15. The maximum absolute atomic E-state index is 13.2. The summed E-state index contributed by atoms with van der Waals surface area (Å²) < 4.78 is 13.2. The Bertz CT molecular complexity index is 490. The second-order valence-corrected chi connectivity index (χ2v) is 4.71. The van der Waals surface area contributed by atoms with Gasteiger partial charge in [-0.3, -0.25) is 0 Å². The van der Waals surface area contributed by atoms with Crippen LogP contribution in [0.3, 0.4) is 0 Å². The summed E-state index contributed by atoms with van der Waals surface area (Å²) in [4.78, 5) is 8.69. The molecule has 1 heterocycles. The van der Waals surface area contributed by atoms with Crippen molar-refractivity contribution in [3.63, 3.8) is 0 Å². The summed E-state index contributed by atoms with van der Waals surface area (Å²) in [5, 5.41) is 3.30. The molecular formula is C14H19FN4. The summed E-state index contributed by atoms with van der Waals surface area (Å²) in [6.45, 7) is 3.66. The van der Waals surface area contributed by atoms with Gasteiger partial charge in [-0.1, -0.05) is 0 Å². The molecule has 1 aromatic rings. The lowest BCUT2D eigenvalue weighted by Gasteiger charge is -2.21. The molecule has 1 fully saturated rings. The molecular weight excluding hydrogens is 243 g/mol. The maximum Gasteiger partial charge on any atom is 0.133 e. The van der Waals surface area contributed by atoms with Gasteiger partial charge in [0.2, 0.25) is 0 Å². The molecule has 1 aliphatic heterocycles. The van der Waals surface area contributed by atoms with Crippen molar-refractivity contribution in [1.29, 1.82) is 0 Å². The normalized spacial score (nSPS) is 18.1. The molecule has 0 aliphatic carbocycles. The average Bonchev–Trinajstić information content (AvgIpc) is 2.43. The molecule has 0 aromatic heterocycles. The minimum atomic E-state index is -0.218. The number of amidine groups is 1. The average molecular weight is 262 g/mol. The van der Waals surface area contributed by atoms with E-state index >= 15 is 0 Å². The monoisotopic (exact) mass is 262 g/mol. The van der Waals surface area contributed by atoms with Gasteiger partial charge in [-0.05, 0) is 56.6 Å². The van der Waals surface area contributed by atoms with Crippen LogP contribution in [0.2, 0.25) is 0 Å². The van der Waals surface area contributed by atoms with Crippen LogP contribution in [0.1, 0.15) is 18.4 Å². The van der Waals surface area contributed by atoms with E-state index in [9.17, 15) is 4.39 Å². The molecule has 4 nitrogen and oxygen atoms in total. The highest BCUT2D eigenvalue weighted by molar-refractivity contribution is 5.92. The van der Waals surface area contributed by atoms with E-state index < -0.39 is 0 Å². The van der Waals surface area contributed by atoms with Gasteiger partial charge in [-0.15, -0.1) is 0 Å². The first-order valence-corrected chi connectivity index (χ1v) is 6.50. The summed E-state index contributed by atoms with van der Waals surface area (Å²) >= 11 is 0. The van der Waals surface area contributed by atoms with Gasteiger partial charge in [-0.25, -0.2) is 14.4 Å². The molecule has 19 heavy (non-hydrogen) atoms. The van der Waals surface area contributed by atoms with Crippen LogP contribution in [-0.2, 0) is 0 Å². The fourth-order valence-electron chi connectivity index (χ4n) is 2.21. The number of nitrogens with zero attached hydrogens (tertiary/aromatic N) is 2. The number of piperidine rings is 1. The minimum absolute atomic E-state index is 0.218. The zero-order valence-corrected chi connectivity index (χ0v) is 11.1. The molecule has 0 radical (unpaired) electrons. The summed E-state index contributed by atoms with van der Waals surface area (Å²) in [6.07, 6.45) is 3.27. The summed E-state index contributed by atoms with van der Waals surface area (Å²) in [7, 11) is 0. The van der Waals surface area contributed by atoms with Gasteiger partial charge in [0, 0.05) is 5.92 Å². The lowest BCUT2D eigenvalue weighted by atomic mass is 9.97. The molecule has 3 N–H and O–H groups in total. The fraction of sp³-hybridized carbons (Fsp3) is 0.429. The van der Waals surface area contributed by atoms with Gasteiger partial charge in [0.1, 0.15) is 11.7 Å². The van der Waals surface area contributed by atoms with Crippen LogP contribution >= 0.6 is 0 Å². The molecule has 1 aromatic carbocycles. The number of benzene rings is 1. The highest BCUT2D eigenvalue weighted by Gasteiger charge is 2.18. The van der Waals surface area contributed by atoms with E-state index in [4.69, 9.17) is 5.73 Å². The number of aryl methyl sites for hydroxylation is 1. The number of halogens is 1. The van der Waals surface area contributed by atoms with Crippen LogP contribution in [0.15, 0.2) is 28.2 Å². The van der Waals surface area contributed by atoms with E-state index in [1.807, 2.05) is 0 Å². The smallest absolute Gasteiger partial charge is 0.133 e. The Morgan fingerprint density at radius 3 is 2.79 bits per heavy atom. The highest BCUT2D eigenvalue weighted by Crippen LogP contribution is 2.21. The zero-order chi connectivity index (χ0) is 13.7. The minimum Gasteiger partial charge on any atom is -0.390 e. The number of nitrogens with two attached hydrogens (primary N) is 1. The van der Waals surface area contributed by atoms with Gasteiger partial charge in [0.05, 0.1) is 12.0 Å². The Morgan fingerprint density at radius 1 is 1.42 bits per heavy atom. The molecule has 1 aliphatic rings. The Labute approximate surface area is 112 Å². The van der Waals surface area contributed by atoms with Crippen molar-refractivity contribution in [2.24, 2.45) is 21.6 Å². The zero-order valence-electron chi connectivity index (χ0n) is 11.1. The summed E-state index contributed by atoms with van der Waals surface area (Å²) in [6, 6.07) is 4.82. The van der Waals surface area contributed by atoms with E-state index in [2.05, 4.69) is 15.3 Å². The Kier molecular flexibility index (Phi) is 4.63. The SMILES string of the molecule is Cc1cc(N=C(N=CN)C2CCNCC2)ccc1F. The largest absolute Gasteiger partial charge is 0.390 e. The molecule has 102 valence electrons. The van der Waals surface area contributed by atoms with E-state index in [1.54, 1.807) is 19.1 Å². The number of nitrogens with one attached hydrogen (secondary N) is 1. The van der Waals surface area contributed by atoms with Crippen molar-refractivity contribution < 1.29 is 4.39 Å². The van der Waals surface area contributed by atoms with Crippen LogP contribution in [0.4, 0.5) is 10.1 Å². The van der Waals surface area contributed by atoms with Crippen molar-refractivity contribution in [2.75, 3.05) is 13.1 Å². The van der Waals surface area contributed by atoms with Gasteiger partial charge >= 0.3 is 0 Å². The van der Waals surface area contributed by atoms with E-state index in [0.29, 0.717) is 11.5 Å². The van der Waals surface area contributed by atoms with Crippen molar-refractivity contribution in [1.82, 2.24) is 5.32 Å². The number of rotatable bonds is 2. The molecule has 5 heteroatoms.